The van der Waals surface area contributed by atoms with Gasteiger partial charge in [0, 0.05) is 19.5 Å². The van der Waals surface area contributed by atoms with E-state index in [1.807, 2.05) is 6.92 Å². The van der Waals surface area contributed by atoms with E-state index in [4.69, 9.17) is 0 Å². The summed E-state index contributed by atoms with van der Waals surface area (Å²) in [5.74, 6) is 6.09. The smallest absolute Gasteiger partial charge is 0.103 e. The molecule has 1 heterocycles. The molecule has 1 rings (SSSR count). The van der Waals surface area contributed by atoms with Gasteiger partial charge in [-0.25, -0.2) is 4.39 Å². The van der Waals surface area contributed by atoms with E-state index < -0.39 is 6.17 Å². The van der Waals surface area contributed by atoms with Crippen molar-refractivity contribution in [2.24, 2.45) is 0 Å². The van der Waals surface area contributed by atoms with Crippen LogP contribution in [0.15, 0.2) is 0 Å². The zero-order valence-electron chi connectivity index (χ0n) is 7.65. The maximum atomic E-state index is 12.7. The van der Waals surface area contributed by atoms with E-state index in [-0.39, 0.29) is 0 Å². The van der Waals surface area contributed by atoms with Gasteiger partial charge in [-0.1, -0.05) is 12.8 Å². The van der Waals surface area contributed by atoms with Crippen molar-refractivity contribution in [3.63, 3.8) is 0 Å². The van der Waals surface area contributed by atoms with Gasteiger partial charge in [0.15, 0.2) is 0 Å². The molecule has 68 valence electrons. The van der Waals surface area contributed by atoms with Crippen molar-refractivity contribution < 1.29 is 4.39 Å². The van der Waals surface area contributed by atoms with Crippen molar-refractivity contribution in [1.29, 1.82) is 0 Å². The van der Waals surface area contributed by atoms with Crippen molar-refractivity contribution >= 4 is 0 Å². The highest BCUT2D eigenvalue weighted by atomic mass is 19.1. The highest BCUT2D eigenvalue weighted by Gasteiger charge is 2.16. The molecule has 12 heavy (non-hydrogen) atoms. The number of hydrogen-bond donors (Lipinski definition) is 0. The number of alkyl halides is 1. The Morgan fingerprint density at radius 3 is 2.58 bits per heavy atom. The van der Waals surface area contributed by atoms with E-state index in [2.05, 4.69) is 16.7 Å². The molecular weight excluding hydrogens is 153 g/mol. The first kappa shape index (κ1) is 9.54. The largest absolute Gasteiger partial charge is 0.292 e. The third-order valence-corrected chi connectivity index (χ3v) is 2.12. The zero-order valence-corrected chi connectivity index (χ0v) is 7.65. The standard InChI is InChI=1S/C10H16FN/c1-2-3-4-7-12-8-5-10(11)6-9-12/h10H,2,5-9H2,1H3. The minimum atomic E-state index is -0.569. The van der Waals surface area contributed by atoms with Crippen molar-refractivity contribution in [3.8, 4) is 11.8 Å². The highest BCUT2D eigenvalue weighted by molar-refractivity contribution is 5.00. The zero-order chi connectivity index (χ0) is 8.81. The molecular formula is C10H16FN. The van der Waals surface area contributed by atoms with Gasteiger partial charge < -0.3 is 0 Å². The van der Waals surface area contributed by atoms with Crippen molar-refractivity contribution in [2.45, 2.75) is 32.4 Å². The van der Waals surface area contributed by atoms with Gasteiger partial charge in [0.2, 0.25) is 0 Å². The monoisotopic (exact) mass is 169 g/mol. The Bertz CT molecular complexity index is 172. The fraction of sp³-hybridized carbons (Fsp3) is 0.800. The van der Waals surface area contributed by atoms with E-state index in [0.717, 1.165) is 26.1 Å². The Balaban J connectivity index is 2.17. The third kappa shape index (κ3) is 3.23. The van der Waals surface area contributed by atoms with Crippen molar-refractivity contribution in [3.05, 3.63) is 0 Å². The first-order valence-corrected chi connectivity index (χ1v) is 4.65. The van der Waals surface area contributed by atoms with Crippen molar-refractivity contribution in [1.82, 2.24) is 4.90 Å². The van der Waals surface area contributed by atoms with Crippen LogP contribution in [0.4, 0.5) is 4.39 Å². The van der Waals surface area contributed by atoms with Crippen LogP contribution in [0.1, 0.15) is 26.2 Å². The molecule has 0 spiro atoms. The second-order valence-electron chi connectivity index (χ2n) is 3.16. The van der Waals surface area contributed by atoms with Gasteiger partial charge in [-0.2, -0.15) is 0 Å². The van der Waals surface area contributed by atoms with E-state index >= 15 is 0 Å². The number of likely N-dealkylation sites (tertiary alicyclic amines) is 1. The molecule has 0 amide bonds. The molecule has 1 aliphatic rings. The quantitative estimate of drug-likeness (QED) is 0.541. The van der Waals surface area contributed by atoms with Crippen LogP contribution >= 0.6 is 0 Å². The summed E-state index contributed by atoms with van der Waals surface area (Å²) in [7, 11) is 0. The maximum Gasteiger partial charge on any atom is 0.103 e. The lowest BCUT2D eigenvalue weighted by molar-refractivity contribution is 0.164. The summed E-state index contributed by atoms with van der Waals surface area (Å²) in [6.07, 6.45) is 1.72. The van der Waals surface area contributed by atoms with Crippen LogP contribution < -0.4 is 0 Å². The average Bonchev–Trinajstić information content (AvgIpc) is 2.09. The first-order valence-electron chi connectivity index (χ1n) is 4.65. The predicted octanol–water partition coefficient (Wildman–Crippen LogP) is 1.83. The maximum absolute atomic E-state index is 12.7. The average molecular weight is 169 g/mol. The minimum absolute atomic E-state index is 0.569. The molecule has 0 aromatic rings. The molecule has 0 saturated carbocycles. The second-order valence-corrected chi connectivity index (χ2v) is 3.16. The number of hydrogen-bond acceptors (Lipinski definition) is 1. The summed E-state index contributed by atoms with van der Waals surface area (Å²) < 4.78 is 12.7. The summed E-state index contributed by atoms with van der Waals surface area (Å²) in [6, 6.07) is 0. The summed E-state index contributed by atoms with van der Waals surface area (Å²) in [6.45, 7) is 4.61. The molecule has 0 N–H and O–H groups in total. The lowest BCUT2D eigenvalue weighted by atomic mass is 10.1. The molecule has 0 aliphatic carbocycles. The normalized spacial score (nSPS) is 20.2. The van der Waals surface area contributed by atoms with Gasteiger partial charge in [0.25, 0.3) is 0 Å². The van der Waals surface area contributed by atoms with E-state index in [0.29, 0.717) is 12.8 Å². The van der Waals surface area contributed by atoms with Gasteiger partial charge >= 0.3 is 0 Å². The molecule has 0 unspecified atom stereocenters. The minimum Gasteiger partial charge on any atom is -0.292 e. The van der Waals surface area contributed by atoms with E-state index in [9.17, 15) is 4.39 Å². The fourth-order valence-corrected chi connectivity index (χ4v) is 1.35. The Labute approximate surface area is 73.9 Å². The number of rotatable bonds is 1. The predicted molar refractivity (Wildman–Crippen MR) is 48.6 cm³/mol. The summed E-state index contributed by atoms with van der Waals surface area (Å²) in [5.41, 5.74) is 0. The number of nitrogens with zero attached hydrogens (tertiary/aromatic N) is 1. The molecule has 1 aliphatic heterocycles. The van der Waals surface area contributed by atoms with Gasteiger partial charge in [-0.3, -0.25) is 4.90 Å². The molecule has 2 heteroatoms. The molecule has 0 aromatic heterocycles. The van der Waals surface area contributed by atoms with Crippen LogP contribution in [-0.4, -0.2) is 30.7 Å². The van der Waals surface area contributed by atoms with Crippen LogP contribution in [-0.2, 0) is 0 Å². The van der Waals surface area contributed by atoms with Gasteiger partial charge in [0.05, 0.1) is 6.54 Å². The van der Waals surface area contributed by atoms with Gasteiger partial charge in [0.1, 0.15) is 6.17 Å². The van der Waals surface area contributed by atoms with Gasteiger partial charge in [-0.15, -0.1) is 5.92 Å². The second kappa shape index (κ2) is 5.16. The summed E-state index contributed by atoms with van der Waals surface area (Å²) in [4.78, 5) is 2.22. The van der Waals surface area contributed by atoms with Gasteiger partial charge in [-0.05, 0) is 12.8 Å². The molecule has 1 nitrogen and oxygen atoms in total. The summed E-state index contributed by atoms with van der Waals surface area (Å²) >= 11 is 0. The van der Waals surface area contributed by atoms with Crippen LogP contribution in [0.25, 0.3) is 0 Å². The molecule has 0 aromatic carbocycles. The Morgan fingerprint density at radius 2 is 2.00 bits per heavy atom. The molecule has 1 saturated heterocycles. The Hall–Kier alpha value is -0.550. The third-order valence-electron chi connectivity index (χ3n) is 2.12. The Morgan fingerprint density at radius 1 is 1.33 bits per heavy atom. The Kier molecular flexibility index (Phi) is 4.10. The first-order chi connectivity index (χ1) is 5.83. The van der Waals surface area contributed by atoms with Crippen LogP contribution in [0.3, 0.4) is 0 Å². The number of halogens is 1. The topological polar surface area (TPSA) is 3.24 Å². The SMILES string of the molecule is CCC#CCN1CCC(F)CC1. The number of piperidine rings is 1. The van der Waals surface area contributed by atoms with E-state index in [1.54, 1.807) is 0 Å². The highest BCUT2D eigenvalue weighted by Crippen LogP contribution is 2.12. The molecule has 1 fully saturated rings. The molecule has 0 atom stereocenters. The lowest BCUT2D eigenvalue weighted by Gasteiger charge is -2.26. The van der Waals surface area contributed by atoms with Crippen LogP contribution in [0, 0.1) is 11.8 Å². The summed E-state index contributed by atoms with van der Waals surface area (Å²) in [5, 5.41) is 0. The van der Waals surface area contributed by atoms with E-state index in [1.165, 1.54) is 0 Å². The van der Waals surface area contributed by atoms with Crippen LogP contribution in [0.5, 0.6) is 0 Å². The van der Waals surface area contributed by atoms with Crippen molar-refractivity contribution in [2.75, 3.05) is 19.6 Å². The fourth-order valence-electron chi connectivity index (χ4n) is 1.35. The molecule has 0 radical (unpaired) electrons. The van der Waals surface area contributed by atoms with Crippen LogP contribution in [0.2, 0.25) is 0 Å². The lowest BCUT2D eigenvalue weighted by Crippen LogP contribution is -2.34. The molecule has 0 bridgehead atoms.